The van der Waals surface area contributed by atoms with Gasteiger partial charge in [0.2, 0.25) is 0 Å². The molecule has 0 saturated heterocycles. The maximum absolute atomic E-state index is 5.45. The second kappa shape index (κ2) is 10.0. The molecular formula is C11H26N2. The van der Waals surface area contributed by atoms with E-state index in [9.17, 15) is 0 Å². The lowest BCUT2D eigenvalue weighted by atomic mass is 9.98. The molecule has 1 atom stereocenters. The fraction of sp³-hybridized carbons (Fsp3) is 1.00. The predicted octanol–water partition coefficient (Wildman–Crippen LogP) is 2.14. The Bertz CT molecular complexity index is 94.1. The molecule has 2 heteroatoms. The highest BCUT2D eigenvalue weighted by Crippen LogP contribution is 2.14. The third kappa shape index (κ3) is 9.84. The van der Waals surface area contributed by atoms with E-state index in [-0.39, 0.29) is 0 Å². The van der Waals surface area contributed by atoms with Crippen molar-refractivity contribution in [1.29, 1.82) is 0 Å². The van der Waals surface area contributed by atoms with Crippen LogP contribution in [0, 0.1) is 5.92 Å². The summed E-state index contributed by atoms with van der Waals surface area (Å²) in [4.78, 5) is 0. The Morgan fingerprint density at radius 3 is 2.23 bits per heavy atom. The summed E-state index contributed by atoms with van der Waals surface area (Å²) in [6, 6.07) is 0. The lowest BCUT2D eigenvalue weighted by molar-refractivity contribution is 0.444. The molecule has 0 aromatic heterocycles. The summed E-state index contributed by atoms with van der Waals surface area (Å²) in [5, 5.41) is 3.18. The second-order valence-electron chi connectivity index (χ2n) is 3.99. The SMILES string of the molecule is CNCCCC[C@H](C)CCCCN. The minimum atomic E-state index is 0.854. The molecule has 0 aliphatic heterocycles. The minimum absolute atomic E-state index is 0.854. The highest BCUT2D eigenvalue weighted by atomic mass is 14.8. The van der Waals surface area contributed by atoms with E-state index in [1.807, 2.05) is 7.05 Å². The Labute approximate surface area is 83.3 Å². The van der Waals surface area contributed by atoms with Gasteiger partial charge in [-0.15, -0.1) is 0 Å². The minimum Gasteiger partial charge on any atom is -0.330 e. The summed E-state index contributed by atoms with van der Waals surface area (Å²) in [6.45, 7) is 4.37. The van der Waals surface area contributed by atoms with Crippen LogP contribution in [-0.2, 0) is 0 Å². The molecule has 0 spiro atoms. The molecule has 0 amide bonds. The van der Waals surface area contributed by atoms with Gasteiger partial charge in [0.25, 0.3) is 0 Å². The summed E-state index contributed by atoms with van der Waals surface area (Å²) in [6.07, 6.45) is 7.93. The first-order valence-corrected chi connectivity index (χ1v) is 5.66. The molecule has 0 rings (SSSR count). The normalized spacial score (nSPS) is 13.2. The standard InChI is InChI=1S/C11H26N2/c1-11(7-3-5-9-12)8-4-6-10-13-2/h11,13H,3-10,12H2,1-2H3/t11-/m1/s1. The van der Waals surface area contributed by atoms with Crippen LogP contribution in [0.5, 0.6) is 0 Å². The van der Waals surface area contributed by atoms with E-state index in [1.165, 1.54) is 38.5 Å². The van der Waals surface area contributed by atoms with E-state index in [0.29, 0.717) is 0 Å². The summed E-state index contributed by atoms with van der Waals surface area (Å²) >= 11 is 0. The lowest BCUT2D eigenvalue weighted by Crippen LogP contribution is -2.08. The first-order valence-electron chi connectivity index (χ1n) is 5.66. The topological polar surface area (TPSA) is 38.0 Å². The third-order valence-corrected chi connectivity index (χ3v) is 2.52. The van der Waals surface area contributed by atoms with Crippen LogP contribution < -0.4 is 11.1 Å². The fourth-order valence-electron chi connectivity index (χ4n) is 1.58. The van der Waals surface area contributed by atoms with Crippen molar-refractivity contribution < 1.29 is 0 Å². The fourth-order valence-corrected chi connectivity index (χ4v) is 1.58. The van der Waals surface area contributed by atoms with Crippen LogP contribution in [0.1, 0.15) is 45.4 Å². The van der Waals surface area contributed by atoms with Gasteiger partial charge < -0.3 is 11.1 Å². The number of hydrogen-bond donors (Lipinski definition) is 2. The van der Waals surface area contributed by atoms with Crippen molar-refractivity contribution in [3.8, 4) is 0 Å². The molecule has 0 heterocycles. The maximum atomic E-state index is 5.45. The quantitative estimate of drug-likeness (QED) is 0.541. The first kappa shape index (κ1) is 12.9. The van der Waals surface area contributed by atoms with Crippen LogP contribution in [-0.4, -0.2) is 20.1 Å². The molecule has 80 valence electrons. The van der Waals surface area contributed by atoms with Crippen LogP contribution in [0.4, 0.5) is 0 Å². The zero-order valence-electron chi connectivity index (χ0n) is 9.31. The molecule has 2 nitrogen and oxygen atoms in total. The summed E-state index contributed by atoms with van der Waals surface area (Å²) in [5.74, 6) is 0.892. The Morgan fingerprint density at radius 1 is 1.08 bits per heavy atom. The first-order chi connectivity index (χ1) is 6.31. The van der Waals surface area contributed by atoms with Crippen LogP contribution in [0.2, 0.25) is 0 Å². The molecular weight excluding hydrogens is 160 g/mol. The lowest BCUT2D eigenvalue weighted by Gasteiger charge is -2.10. The number of nitrogens with two attached hydrogens (primary N) is 1. The smallest absolute Gasteiger partial charge is 0.00519 e. The molecule has 3 N–H and O–H groups in total. The number of unbranched alkanes of at least 4 members (excludes halogenated alkanes) is 2. The molecule has 0 saturated carbocycles. The Hall–Kier alpha value is -0.0800. The monoisotopic (exact) mass is 186 g/mol. The van der Waals surface area contributed by atoms with Gasteiger partial charge in [-0.1, -0.05) is 32.6 Å². The molecule has 13 heavy (non-hydrogen) atoms. The maximum Gasteiger partial charge on any atom is -0.00519 e. The van der Waals surface area contributed by atoms with Gasteiger partial charge in [0, 0.05) is 0 Å². The van der Waals surface area contributed by atoms with Crippen molar-refractivity contribution in [3.63, 3.8) is 0 Å². The van der Waals surface area contributed by atoms with Gasteiger partial charge in [0.15, 0.2) is 0 Å². The van der Waals surface area contributed by atoms with Crippen LogP contribution in [0.15, 0.2) is 0 Å². The van der Waals surface area contributed by atoms with Crippen molar-refractivity contribution in [2.45, 2.75) is 45.4 Å². The predicted molar refractivity (Wildman–Crippen MR) is 59.8 cm³/mol. The van der Waals surface area contributed by atoms with E-state index in [1.54, 1.807) is 0 Å². The van der Waals surface area contributed by atoms with Crippen molar-refractivity contribution in [2.24, 2.45) is 11.7 Å². The van der Waals surface area contributed by atoms with Crippen molar-refractivity contribution in [3.05, 3.63) is 0 Å². The van der Waals surface area contributed by atoms with Gasteiger partial charge in [-0.3, -0.25) is 0 Å². The highest BCUT2D eigenvalue weighted by Gasteiger charge is 2.00. The number of nitrogens with one attached hydrogen (secondary N) is 1. The molecule has 0 unspecified atom stereocenters. The van der Waals surface area contributed by atoms with Gasteiger partial charge in [0.1, 0.15) is 0 Å². The summed E-state index contributed by atoms with van der Waals surface area (Å²) < 4.78 is 0. The van der Waals surface area contributed by atoms with Crippen LogP contribution in [0.3, 0.4) is 0 Å². The molecule has 0 aromatic carbocycles. The van der Waals surface area contributed by atoms with Crippen molar-refractivity contribution in [2.75, 3.05) is 20.1 Å². The average molecular weight is 186 g/mol. The van der Waals surface area contributed by atoms with E-state index in [4.69, 9.17) is 5.73 Å². The Balaban J connectivity index is 3.05. The molecule has 0 aliphatic rings. The molecule has 0 aromatic rings. The third-order valence-electron chi connectivity index (χ3n) is 2.52. The summed E-state index contributed by atoms with van der Waals surface area (Å²) in [7, 11) is 2.02. The van der Waals surface area contributed by atoms with E-state index < -0.39 is 0 Å². The van der Waals surface area contributed by atoms with Crippen molar-refractivity contribution >= 4 is 0 Å². The van der Waals surface area contributed by atoms with Gasteiger partial charge in [0.05, 0.1) is 0 Å². The molecule has 0 fully saturated rings. The van der Waals surface area contributed by atoms with E-state index >= 15 is 0 Å². The highest BCUT2D eigenvalue weighted by molar-refractivity contribution is 4.55. The molecule has 0 aliphatic carbocycles. The van der Waals surface area contributed by atoms with Crippen LogP contribution >= 0.6 is 0 Å². The summed E-state index contributed by atoms with van der Waals surface area (Å²) in [5.41, 5.74) is 5.45. The molecule has 0 bridgehead atoms. The van der Waals surface area contributed by atoms with E-state index in [2.05, 4.69) is 12.2 Å². The molecule has 0 radical (unpaired) electrons. The number of rotatable bonds is 9. The zero-order valence-corrected chi connectivity index (χ0v) is 9.31. The van der Waals surface area contributed by atoms with Gasteiger partial charge >= 0.3 is 0 Å². The van der Waals surface area contributed by atoms with Gasteiger partial charge in [-0.2, -0.15) is 0 Å². The van der Waals surface area contributed by atoms with Gasteiger partial charge in [-0.25, -0.2) is 0 Å². The Morgan fingerprint density at radius 2 is 1.69 bits per heavy atom. The van der Waals surface area contributed by atoms with Crippen molar-refractivity contribution in [1.82, 2.24) is 5.32 Å². The second-order valence-corrected chi connectivity index (χ2v) is 3.99. The van der Waals surface area contributed by atoms with E-state index in [0.717, 1.165) is 19.0 Å². The average Bonchev–Trinajstić information content (AvgIpc) is 2.13. The van der Waals surface area contributed by atoms with Gasteiger partial charge in [-0.05, 0) is 38.9 Å². The largest absolute Gasteiger partial charge is 0.330 e. The van der Waals surface area contributed by atoms with Crippen LogP contribution in [0.25, 0.3) is 0 Å². The number of hydrogen-bond acceptors (Lipinski definition) is 2. The zero-order chi connectivity index (χ0) is 9.94. The Kier molecular flexibility index (Phi) is 9.94.